The molecular weight excluding hydrogens is 336 g/mol. The van der Waals surface area contributed by atoms with Crippen LogP contribution in [-0.4, -0.2) is 18.2 Å². The van der Waals surface area contributed by atoms with Crippen LogP contribution in [0.5, 0.6) is 11.5 Å². The largest absolute Gasteiger partial charge is 0.497 e. The molecule has 21 heavy (non-hydrogen) atoms. The molecule has 0 radical (unpaired) electrons. The van der Waals surface area contributed by atoms with Gasteiger partial charge in [0.05, 0.1) is 12.7 Å². The summed E-state index contributed by atoms with van der Waals surface area (Å²) in [4.78, 5) is 0. The molecule has 5 nitrogen and oxygen atoms in total. The number of hydrogen-bond donors (Lipinski definition) is 2. The Hall–Kier alpha value is -2.21. The van der Waals surface area contributed by atoms with E-state index in [9.17, 15) is 0 Å². The molecule has 0 saturated carbocycles. The quantitative estimate of drug-likeness (QED) is 0.376. The minimum absolute atomic E-state index is 0.000955. The molecule has 0 atom stereocenters. The average molecular weight is 351 g/mol. The third kappa shape index (κ3) is 3.88. The molecule has 0 saturated heterocycles. The zero-order chi connectivity index (χ0) is 15.2. The molecule has 0 aromatic heterocycles. The van der Waals surface area contributed by atoms with Gasteiger partial charge in [-0.15, -0.1) is 0 Å². The van der Waals surface area contributed by atoms with Gasteiger partial charge in [0.1, 0.15) is 18.1 Å². The summed E-state index contributed by atoms with van der Waals surface area (Å²) >= 11 is 3.34. The van der Waals surface area contributed by atoms with E-state index in [2.05, 4.69) is 21.1 Å². The standard InChI is InChI=1S/C15H15BrN2O3/c1-20-12-5-2-10(3-6-12)9-21-14-7-4-11(16)8-13(14)15(17)18-19/h2-8,19H,9H2,1H3,(H2,17,18). The van der Waals surface area contributed by atoms with Crippen molar-refractivity contribution < 1.29 is 14.7 Å². The SMILES string of the molecule is COc1ccc(COc2ccc(Br)cc2/C(N)=N/O)cc1. The van der Waals surface area contributed by atoms with E-state index in [0.717, 1.165) is 15.8 Å². The maximum atomic E-state index is 8.82. The second kappa shape index (κ2) is 6.99. The lowest BCUT2D eigenvalue weighted by Crippen LogP contribution is -2.15. The van der Waals surface area contributed by atoms with Gasteiger partial charge in [0.15, 0.2) is 5.84 Å². The summed E-state index contributed by atoms with van der Waals surface area (Å²) in [6.45, 7) is 0.372. The summed E-state index contributed by atoms with van der Waals surface area (Å²) in [5, 5.41) is 11.8. The Kier molecular flexibility index (Phi) is 5.05. The van der Waals surface area contributed by atoms with Gasteiger partial charge in [-0.2, -0.15) is 0 Å². The van der Waals surface area contributed by atoms with Crippen molar-refractivity contribution in [2.75, 3.05) is 7.11 Å². The number of benzene rings is 2. The first kappa shape index (κ1) is 15.2. The lowest BCUT2D eigenvalue weighted by Gasteiger charge is -2.11. The molecule has 2 aromatic carbocycles. The van der Waals surface area contributed by atoms with Crippen LogP contribution in [0, 0.1) is 0 Å². The van der Waals surface area contributed by atoms with Crippen molar-refractivity contribution in [1.82, 2.24) is 0 Å². The molecule has 0 spiro atoms. The van der Waals surface area contributed by atoms with Crippen LogP contribution >= 0.6 is 15.9 Å². The lowest BCUT2D eigenvalue weighted by molar-refractivity contribution is 0.303. The van der Waals surface area contributed by atoms with Crippen LogP contribution in [0.1, 0.15) is 11.1 Å². The summed E-state index contributed by atoms with van der Waals surface area (Å²) in [6.07, 6.45) is 0. The molecule has 0 amide bonds. The average Bonchev–Trinajstić information content (AvgIpc) is 2.53. The maximum Gasteiger partial charge on any atom is 0.173 e. The van der Waals surface area contributed by atoms with Gasteiger partial charge in [0.25, 0.3) is 0 Å². The maximum absolute atomic E-state index is 8.82. The highest BCUT2D eigenvalue weighted by atomic mass is 79.9. The minimum Gasteiger partial charge on any atom is -0.497 e. The number of methoxy groups -OCH3 is 1. The molecule has 2 aromatic rings. The van der Waals surface area contributed by atoms with Gasteiger partial charge in [-0.3, -0.25) is 0 Å². The van der Waals surface area contributed by atoms with Crippen LogP contribution in [0.25, 0.3) is 0 Å². The highest BCUT2D eigenvalue weighted by molar-refractivity contribution is 9.10. The molecule has 0 fully saturated rings. The molecule has 6 heteroatoms. The summed E-state index contributed by atoms with van der Waals surface area (Å²) in [5.74, 6) is 1.34. The second-order valence-corrected chi connectivity index (χ2v) is 5.18. The number of rotatable bonds is 5. The van der Waals surface area contributed by atoms with E-state index in [1.807, 2.05) is 30.3 Å². The Morgan fingerprint density at radius 1 is 1.24 bits per heavy atom. The van der Waals surface area contributed by atoms with Crippen LogP contribution < -0.4 is 15.2 Å². The van der Waals surface area contributed by atoms with Crippen molar-refractivity contribution in [2.45, 2.75) is 6.61 Å². The summed E-state index contributed by atoms with van der Waals surface area (Å²) in [6, 6.07) is 12.9. The van der Waals surface area contributed by atoms with Crippen molar-refractivity contribution in [3.05, 3.63) is 58.1 Å². The normalized spacial score (nSPS) is 11.2. The van der Waals surface area contributed by atoms with Gasteiger partial charge >= 0.3 is 0 Å². The third-order valence-corrected chi connectivity index (χ3v) is 3.37. The van der Waals surface area contributed by atoms with Crippen molar-refractivity contribution in [3.63, 3.8) is 0 Å². The number of amidine groups is 1. The lowest BCUT2D eigenvalue weighted by atomic mass is 10.2. The predicted molar refractivity (Wildman–Crippen MR) is 84.0 cm³/mol. The smallest absolute Gasteiger partial charge is 0.173 e. The fourth-order valence-electron chi connectivity index (χ4n) is 1.76. The van der Waals surface area contributed by atoms with E-state index in [4.69, 9.17) is 20.4 Å². The first-order valence-electron chi connectivity index (χ1n) is 6.17. The Morgan fingerprint density at radius 3 is 2.57 bits per heavy atom. The van der Waals surface area contributed by atoms with Crippen LogP contribution in [0.3, 0.4) is 0 Å². The summed E-state index contributed by atoms with van der Waals surface area (Å²) in [5.41, 5.74) is 7.17. The molecule has 0 unspecified atom stereocenters. The fraction of sp³-hybridized carbons (Fsp3) is 0.133. The van der Waals surface area contributed by atoms with E-state index < -0.39 is 0 Å². The topological polar surface area (TPSA) is 77.1 Å². The highest BCUT2D eigenvalue weighted by Crippen LogP contribution is 2.24. The van der Waals surface area contributed by atoms with E-state index in [-0.39, 0.29) is 5.84 Å². The fourth-order valence-corrected chi connectivity index (χ4v) is 2.13. The number of ether oxygens (including phenoxy) is 2. The monoisotopic (exact) mass is 350 g/mol. The van der Waals surface area contributed by atoms with Gasteiger partial charge in [-0.1, -0.05) is 33.2 Å². The first-order valence-corrected chi connectivity index (χ1v) is 6.96. The zero-order valence-corrected chi connectivity index (χ0v) is 13.0. The molecule has 0 aliphatic heterocycles. The van der Waals surface area contributed by atoms with Gasteiger partial charge < -0.3 is 20.4 Å². The van der Waals surface area contributed by atoms with Gasteiger partial charge in [-0.05, 0) is 35.9 Å². The minimum atomic E-state index is 0.000955. The van der Waals surface area contributed by atoms with E-state index in [0.29, 0.717) is 17.9 Å². The van der Waals surface area contributed by atoms with Gasteiger partial charge in [0.2, 0.25) is 0 Å². The van der Waals surface area contributed by atoms with Crippen molar-refractivity contribution >= 4 is 21.8 Å². The first-order chi connectivity index (χ1) is 10.1. The molecule has 0 heterocycles. The number of hydrogen-bond acceptors (Lipinski definition) is 4. The summed E-state index contributed by atoms with van der Waals surface area (Å²) in [7, 11) is 1.62. The van der Waals surface area contributed by atoms with Gasteiger partial charge in [0, 0.05) is 4.47 Å². The Balaban J connectivity index is 2.15. The number of oxime groups is 1. The molecule has 0 aliphatic carbocycles. The molecule has 0 bridgehead atoms. The van der Waals surface area contributed by atoms with Crippen LogP contribution in [-0.2, 0) is 6.61 Å². The molecule has 3 N–H and O–H groups in total. The second-order valence-electron chi connectivity index (χ2n) is 4.26. The van der Waals surface area contributed by atoms with E-state index in [1.54, 1.807) is 19.2 Å². The molecular formula is C15H15BrN2O3. The third-order valence-electron chi connectivity index (χ3n) is 2.88. The van der Waals surface area contributed by atoms with E-state index >= 15 is 0 Å². The van der Waals surface area contributed by atoms with Crippen LogP contribution in [0.4, 0.5) is 0 Å². The number of halogens is 1. The summed E-state index contributed by atoms with van der Waals surface area (Å²) < 4.78 is 11.7. The molecule has 2 rings (SSSR count). The van der Waals surface area contributed by atoms with Crippen LogP contribution in [0.2, 0.25) is 0 Å². The molecule has 0 aliphatic rings. The predicted octanol–water partition coefficient (Wildman–Crippen LogP) is 3.13. The highest BCUT2D eigenvalue weighted by Gasteiger charge is 2.09. The zero-order valence-electron chi connectivity index (χ0n) is 11.4. The van der Waals surface area contributed by atoms with E-state index in [1.165, 1.54) is 0 Å². The number of nitrogens with zero attached hydrogens (tertiary/aromatic N) is 1. The van der Waals surface area contributed by atoms with Gasteiger partial charge in [-0.25, -0.2) is 0 Å². The van der Waals surface area contributed by atoms with Crippen molar-refractivity contribution in [1.29, 1.82) is 0 Å². The Morgan fingerprint density at radius 2 is 1.95 bits per heavy atom. The van der Waals surface area contributed by atoms with Crippen molar-refractivity contribution in [2.24, 2.45) is 10.9 Å². The number of nitrogens with two attached hydrogens (primary N) is 1. The van der Waals surface area contributed by atoms with Crippen molar-refractivity contribution in [3.8, 4) is 11.5 Å². The molecule has 110 valence electrons. The van der Waals surface area contributed by atoms with Crippen LogP contribution in [0.15, 0.2) is 52.1 Å². The Labute approximate surface area is 131 Å². The Bertz CT molecular complexity index is 642.